The van der Waals surface area contributed by atoms with Gasteiger partial charge >= 0.3 is 0 Å². The molecule has 4 aliphatic rings. The van der Waals surface area contributed by atoms with Gasteiger partial charge in [0.15, 0.2) is 5.82 Å². The molecule has 0 aromatic rings. The summed E-state index contributed by atoms with van der Waals surface area (Å²) < 4.78 is 2.15. The van der Waals surface area contributed by atoms with E-state index in [-0.39, 0.29) is 5.54 Å². The monoisotopic (exact) mass is 248 g/mol. The summed E-state index contributed by atoms with van der Waals surface area (Å²) in [7, 11) is 0. The van der Waals surface area contributed by atoms with Gasteiger partial charge in [0, 0.05) is 5.54 Å². The van der Waals surface area contributed by atoms with Gasteiger partial charge in [0.25, 0.3) is 0 Å². The van der Waals surface area contributed by atoms with E-state index in [1.165, 1.54) is 38.4 Å². The lowest BCUT2D eigenvalue weighted by molar-refractivity contribution is 0.287. The average molecular weight is 249 g/mol. The second kappa shape index (κ2) is 3.19. The lowest BCUT2D eigenvalue weighted by Crippen LogP contribution is -2.29. The standard InChI is InChI=1S/C12H13ClN4/c13-10-9-11(15-6-14-9)16-7-17(10)12-3-1-8(5-12)2-4-12/h6-8H,1-5H2. The molecule has 0 radical (unpaired) electrons. The molecule has 2 fully saturated rings. The molecule has 88 valence electrons. The molecule has 0 saturated heterocycles. The highest BCUT2D eigenvalue weighted by Gasteiger charge is 2.47. The smallest absolute Gasteiger partial charge is 0.184 e. The van der Waals surface area contributed by atoms with Gasteiger partial charge < -0.3 is 4.57 Å². The van der Waals surface area contributed by atoms with E-state index < -0.39 is 0 Å². The van der Waals surface area contributed by atoms with E-state index >= 15 is 0 Å². The number of aromatic nitrogens is 4. The fraction of sp³-hybridized carbons (Fsp3) is 0.583. The second-order valence-electron chi connectivity index (χ2n) is 5.32. The van der Waals surface area contributed by atoms with Gasteiger partial charge in [0.05, 0.1) is 6.33 Å². The van der Waals surface area contributed by atoms with E-state index in [4.69, 9.17) is 11.6 Å². The number of imidazole rings is 1. The molecule has 17 heavy (non-hydrogen) atoms. The molecule has 2 heterocycles. The van der Waals surface area contributed by atoms with E-state index in [9.17, 15) is 0 Å². The Hall–Kier alpha value is -1.16. The van der Waals surface area contributed by atoms with Crippen LogP contribution in [0.5, 0.6) is 0 Å². The van der Waals surface area contributed by atoms with Crippen LogP contribution in [-0.4, -0.2) is 19.5 Å². The largest absolute Gasteiger partial charge is 0.315 e. The maximum atomic E-state index is 6.47. The van der Waals surface area contributed by atoms with E-state index in [0.29, 0.717) is 11.0 Å². The maximum absolute atomic E-state index is 6.47. The Morgan fingerprint density at radius 1 is 1.24 bits per heavy atom. The average Bonchev–Trinajstić information content (AvgIpc) is 3.04. The summed E-state index contributed by atoms with van der Waals surface area (Å²) in [6, 6.07) is 0. The Labute approximate surface area is 104 Å². The summed E-state index contributed by atoms with van der Waals surface area (Å²) in [5.74, 6) is 1.54. The van der Waals surface area contributed by atoms with Crippen LogP contribution in [0.25, 0.3) is 11.5 Å². The Morgan fingerprint density at radius 2 is 2.06 bits per heavy atom. The molecule has 0 amide bonds. The topological polar surface area (TPSA) is 43.6 Å². The highest BCUT2D eigenvalue weighted by molar-refractivity contribution is 6.31. The van der Waals surface area contributed by atoms with E-state index in [1.807, 2.05) is 6.33 Å². The van der Waals surface area contributed by atoms with Crippen LogP contribution in [0.15, 0.2) is 12.7 Å². The Kier molecular flexibility index (Phi) is 1.85. The number of rotatable bonds is 1. The third kappa shape index (κ3) is 1.22. The third-order valence-electron chi connectivity index (χ3n) is 4.50. The number of hydrogen-bond acceptors (Lipinski definition) is 3. The molecule has 2 aliphatic carbocycles. The second-order valence-corrected chi connectivity index (χ2v) is 5.68. The molecule has 0 unspecified atom stereocenters. The van der Waals surface area contributed by atoms with E-state index in [1.54, 1.807) is 0 Å². The van der Waals surface area contributed by atoms with Crippen molar-refractivity contribution in [2.24, 2.45) is 5.92 Å². The fourth-order valence-corrected chi connectivity index (χ4v) is 3.96. The van der Waals surface area contributed by atoms with Gasteiger partial charge in [0.1, 0.15) is 17.2 Å². The van der Waals surface area contributed by atoms with Crippen molar-refractivity contribution in [2.75, 3.05) is 0 Å². The Bertz CT molecular complexity index is 542. The Balaban J connectivity index is 1.91. The first-order chi connectivity index (χ1) is 8.28. The van der Waals surface area contributed by atoms with Crippen molar-refractivity contribution in [3.63, 3.8) is 0 Å². The van der Waals surface area contributed by atoms with Crippen LogP contribution < -0.4 is 0 Å². The zero-order valence-electron chi connectivity index (χ0n) is 9.43. The van der Waals surface area contributed by atoms with Crippen LogP contribution in [0, 0.1) is 5.92 Å². The number of hydrogen-bond donors (Lipinski definition) is 0. The van der Waals surface area contributed by atoms with Gasteiger partial charge in [-0.25, -0.2) is 15.0 Å². The number of fused-ring (bicyclic) bond motifs is 3. The molecule has 0 aromatic heterocycles. The molecule has 4 rings (SSSR count). The summed E-state index contributed by atoms with van der Waals surface area (Å²) in [4.78, 5) is 12.7. The predicted octanol–water partition coefficient (Wildman–Crippen LogP) is 2.72. The van der Waals surface area contributed by atoms with Gasteiger partial charge in [-0.2, -0.15) is 0 Å². The summed E-state index contributed by atoms with van der Waals surface area (Å²) in [5, 5.41) is 0.704. The zero-order valence-corrected chi connectivity index (χ0v) is 10.2. The van der Waals surface area contributed by atoms with Crippen molar-refractivity contribution in [2.45, 2.75) is 37.6 Å². The molecule has 0 N–H and O–H groups in total. The van der Waals surface area contributed by atoms with Crippen LogP contribution in [0.1, 0.15) is 32.1 Å². The number of halogens is 1. The predicted molar refractivity (Wildman–Crippen MR) is 64.0 cm³/mol. The van der Waals surface area contributed by atoms with Crippen molar-refractivity contribution in [1.82, 2.24) is 19.5 Å². The quantitative estimate of drug-likeness (QED) is 0.729. The fourth-order valence-electron chi connectivity index (χ4n) is 3.61. The van der Waals surface area contributed by atoms with Crippen LogP contribution in [0.4, 0.5) is 0 Å². The molecule has 2 bridgehead atoms. The van der Waals surface area contributed by atoms with Gasteiger partial charge in [-0.1, -0.05) is 11.6 Å². The molecular weight excluding hydrogens is 236 g/mol. The molecule has 2 aliphatic heterocycles. The molecular formula is C12H13ClN4. The van der Waals surface area contributed by atoms with E-state index in [0.717, 1.165) is 11.6 Å². The minimum Gasteiger partial charge on any atom is -0.315 e. The SMILES string of the molecule is Clc1c2ncnc-2ncn1C12CCC(CC1)C2. The highest BCUT2D eigenvalue weighted by atomic mass is 35.5. The summed E-state index contributed by atoms with van der Waals surface area (Å²) >= 11 is 6.47. The van der Waals surface area contributed by atoms with E-state index in [2.05, 4.69) is 19.5 Å². The highest BCUT2D eigenvalue weighted by Crippen LogP contribution is 2.53. The zero-order chi connectivity index (χ0) is 11.5. The maximum Gasteiger partial charge on any atom is 0.184 e. The van der Waals surface area contributed by atoms with Crippen LogP contribution in [0.3, 0.4) is 0 Å². The molecule has 0 spiro atoms. The minimum absolute atomic E-state index is 0.210. The molecule has 0 atom stereocenters. The van der Waals surface area contributed by atoms with Crippen molar-refractivity contribution >= 4 is 11.6 Å². The van der Waals surface area contributed by atoms with Crippen molar-refractivity contribution < 1.29 is 0 Å². The summed E-state index contributed by atoms with van der Waals surface area (Å²) in [6.07, 6.45) is 9.73. The van der Waals surface area contributed by atoms with Gasteiger partial charge in [-0.05, 0) is 38.0 Å². The first-order valence-corrected chi connectivity index (χ1v) is 6.50. The van der Waals surface area contributed by atoms with Crippen LogP contribution in [0.2, 0.25) is 5.15 Å². The van der Waals surface area contributed by atoms with Gasteiger partial charge in [-0.3, -0.25) is 0 Å². The summed E-state index contributed by atoms with van der Waals surface area (Å²) in [6.45, 7) is 0. The first kappa shape index (κ1) is 9.83. The molecule has 5 heteroatoms. The van der Waals surface area contributed by atoms with Crippen molar-refractivity contribution in [3.8, 4) is 11.5 Å². The van der Waals surface area contributed by atoms with Crippen LogP contribution >= 0.6 is 11.6 Å². The molecule has 4 nitrogen and oxygen atoms in total. The third-order valence-corrected chi connectivity index (χ3v) is 4.86. The summed E-state index contributed by atoms with van der Waals surface area (Å²) in [5.41, 5.74) is 0.945. The van der Waals surface area contributed by atoms with Crippen molar-refractivity contribution in [1.29, 1.82) is 0 Å². The molecule has 2 saturated carbocycles. The molecule has 0 aromatic carbocycles. The Morgan fingerprint density at radius 3 is 2.76 bits per heavy atom. The normalized spacial score (nSPS) is 31.5. The lowest BCUT2D eigenvalue weighted by atomic mass is 9.93. The number of nitrogens with zero attached hydrogens (tertiary/aromatic N) is 4. The van der Waals surface area contributed by atoms with Crippen molar-refractivity contribution in [3.05, 3.63) is 17.8 Å². The van der Waals surface area contributed by atoms with Crippen LogP contribution in [-0.2, 0) is 5.54 Å². The first-order valence-electron chi connectivity index (χ1n) is 6.13. The van der Waals surface area contributed by atoms with Gasteiger partial charge in [-0.15, -0.1) is 0 Å². The minimum atomic E-state index is 0.210. The lowest BCUT2D eigenvalue weighted by Gasteiger charge is -2.31. The van der Waals surface area contributed by atoms with Gasteiger partial charge in [0.2, 0.25) is 0 Å².